The van der Waals surface area contributed by atoms with Crippen LogP contribution in [0.25, 0.3) is 0 Å². The normalized spacial score (nSPS) is 10.5. The zero-order valence-electron chi connectivity index (χ0n) is 15.5. The number of rotatable bonds is 9. The quantitative estimate of drug-likeness (QED) is 0.390. The van der Waals surface area contributed by atoms with Gasteiger partial charge in [-0.05, 0) is 32.6 Å². The van der Waals surface area contributed by atoms with Gasteiger partial charge in [0.2, 0.25) is 0 Å². The van der Waals surface area contributed by atoms with Gasteiger partial charge in [0.15, 0.2) is 0 Å². The summed E-state index contributed by atoms with van der Waals surface area (Å²) in [5, 5.41) is 10.9. The first-order chi connectivity index (χ1) is 11.4. The van der Waals surface area contributed by atoms with Crippen molar-refractivity contribution in [3.8, 4) is 11.5 Å². The number of esters is 1. The van der Waals surface area contributed by atoms with Crippen molar-refractivity contribution >= 4 is 5.97 Å². The second-order valence-corrected chi connectivity index (χ2v) is 6.31. The molecule has 0 fully saturated rings. The molecule has 0 saturated carbocycles. The van der Waals surface area contributed by atoms with Gasteiger partial charge in [-0.25, -0.2) is 0 Å². The van der Waals surface area contributed by atoms with Crippen LogP contribution in [0.1, 0.15) is 62.8 Å². The Hall–Kier alpha value is -2.03. The number of phenols is 1. The summed E-state index contributed by atoms with van der Waals surface area (Å²) in [6.07, 6.45) is 6.21. The number of phenolic OH excluding ortho intramolecular Hbond substituents is 1. The minimum absolute atomic E-state index is 0.306. The van der Waals surface area contributed by atoms with Crippen molar-refractivity contribution in [3.05, 3.63) is 47.1 Å². The summed E-state index contributed by atoms with van der Waals surface area (Å²) in [5.74, 6) is 0.610. The van der Waals surface area contributed by atoms with Crippen LogP contribution in [0.2, 0.25) is 0 Å². The minimum atomic E-state index is -0.332. The van der Waals surface area contributed by atoms with Crippen LogP contribution in [0.5, 0.6) is 11.5 Å². The van der Waals surface area contributed by atoms with E-state index in [1.807, 2.05) is 6.92 Å². The largest absolute Gasteiger partial charge is 0.507 e. The number of carbonyl (C=O) groups excluding carboxylic acids is 1. The third kappa shape index (κ3) is 4.73. The lowest BCUT2D eigenvalue weighted by molar-refractivity contribution is -0.132. The SMILES string of the molecule is C=CCc1c(O)c(CC(=C)C)c(CCC)c(OC(C)=O)c1CCC. The van der Waals surface area contributed by atoms with Gasteiger partial charge in [-0.2, -0.15) is 0 Å². The molecular weight excluding hydrogens is 300 g/mol. The second-order valence-electron chi connectivity index (χ2n) is 6.31. The van der Waals surface area contributed by atoms with Crippen LogP contribution >= 0.6 is 0 Å². The van der Waals surface area contributed by atoms with Crippen LogP contribution < -0.4 is 4.74 Å². The highest BCUT2D eigenvalue weighted by Crippen LogP contribution is 2.41. The first-order valence-electron chi connectivity index (χ1n) is 8.69. The Kier molecular flexibility index (Phi) is 7.76. The molecule has 1 N–H and O–H groups in total. The van der Waals surface area contributed by atoms with E-state index in [0.717, 1.165) is 53.5 Å². The number of ether oxygens (including phenoxy) is 1. The summed E-state index contributed by atoms with van der Waals surface area (Å²) in [6, 6.07) is 0. The molecule has 24 heavy (non-hydrogen) atoms. The van der Waals surface area contributed by atoms with Crippen LogP contribution in [-0.2, 0) is 30.5 Å². The fourth-order valence-electron chi connectivity index (χ4n) is 3.08. The number of benzene rings is 1. The summed E-state index contributed by atoms with van der Waals surface area (Å²) in [6.45, 7) is 15.3. The van der Waals surface area contributed by atoms with Gasteiger partial charge in [-0.15, -0.1) is 6.58 Å². The van der Waals surface area contributed by atoms with E-state index in [9.17, 15) is 9.90 Å². The van der Waals surface area contributed by atoms with E-state index < -0.39 is 0 Å². The molecule has 0 bridgehead atoms. The molecule has 0 radical (unpaired) electrons. The smallest absolute Gasteiger partial charge is 0.308 e. The van der Waals surface area contributed by atoms with Crippen LogP contribution in [0.3, 0.4) is 0 Å². The standard InChI is InChI=1S/C21H30O3/c1-7-10-16-17(11-8-2)21(24-15(6)22)18(12-9-3)19(20(16)23)13-14(4)5/h7,23H,1,4,8-13H2,2-3,5-6H3. The van der Waals surface area contributed by atoms with Gasteiger partial charge < -0.3 is 9.84 Å². The Bertz CT molecular complexity index is 627. The van der Waals surface area contributed by atoms with Crippen molar-refractivity contribution in [3.63, 3.8) is 0 Å². The average Bonchev–Trinajstić information content (AvgIpc) is 2.50. The Morgan fingerprint density at radius 3 is 2.04 bits per heavy atom. The second kappa shape index (κ2) is 9.31. The molecule has 0 aliphatic carbocycles. The third-order valence-electron chi connectivity index (χ3n) is 3.92. The van der Waals surface area contributed by atoms with Gasteiger partial charge in [0.05, 0.1) is 0 Å². The lowest BCUT2D eigenvalue weighted by Gasteiger charge is -2.23. The van der Waals surface area contributed by atoms with Gasteiger partial charge in [-0.1, -0.05) is 44.9 Å². The van der Waals surface area contributed by atoms with Gasteiger partial charge >= 0.3 is 5.97 Å². The van der Waals surface area contributed by atoms with Crippen LogP contribution in [0, 0.1) is 0 Å². The Balaban J connectivity index is 3.80. The zero-order valence-corrected chi connectivity index (χ0v) is 15.5. The maximum atomic E-state index is 11.7. The number of hydrogen-bond acceptors (Lipinski definition) is 3. The van der Waals surface area contributed by atoms with Gasteiger partial charge in [0.1, 0.15) is 11.5 Å². The summed E-state index contributed by atoms with van der Waals surface area (Å²) >= 11 is 0. The molecule has 0 atom stereocenters. The molecule has 0 aromatic heterocycles. The molecule has 0 aliphatic heterocycles. The van der Waals surface area contributed by atoms with Crippen LogP contribution in [-0.4, -0.2) is 11.1 Å². The van der Waals surface area contributed by atoms with Crippen molar-refractivity contribution in [2.45, 2.75) is 66.2 Å². The molecule has 3 heteroatoms. The maximum absolute atomic E-state index is 11.7. The van der Waals surface area contributed by atoms with Crippen molar-refractivity contribution in [1.29, 1.82) is 0 Å². The number of aromatic hydroxyl groups is 1. The summed E-state index contributed by atoms with van der Waals surface area (Å²) in [7, 11) is 0. The molecule has 0 aliphatic rings. The Morgan fingerprint density at radius 2 is 1.62 bits per heavy atom. The van der Waals surface area contributed by atoms with Gasteiger partial charge in [0, 0.05) is 29.2 Å². The average molecular weight is 330 g/mol. The predicted octanol–water partition coefficient (Wildman–Crippen LogP) is 5.07. The van der Waals surface area contributed by atoms with E-state index in [4.69, 9.17) is 4.74 Å². The first-order valence-corrected chi connectivity index (χ1v) is 8.69. The monoisotopic (exact) mass is 330 g/mol. The van der Waals surface area contributed by atoms with E-state index in [0.29, 0.717) is 24.3 Å². The van der Waals surface area contributed by atoms with E-state index >= 15 is 0 Å². The molecule has 0 saturated heterocycles. The van der Waals surface area contributed by atoms with E-state index in [2.05, 4.69) is 27.0 Å². The molecule has 1 aromatic rings. The molecule has 1 aromatic carbocycles. The van der Waals surface area contributed by atoms with Gasteiger partial charge in [0.25, 0.3) is 0 Å². The number of hydrogen-bond donors (Lipinski definition) is 1. The molecule has 0 heterocycles. The highest BCUT2D eigenvalue weighted by atomic mass is 16.5. The summed E-state index contributed by atoms with van der Waals surface area (Å²) in [4.78, 5) is 11.7. The number of allylic oxidation sites excluding steroid dienone is 2. The fourth-order valence-corrected chi connectivity index (χ4v) is 3.08. The van der Waals surface area contributed by atoms with E-state index in [-0.39, 0.29) is 5.97 Å². The highest BCUT2D eigenvalue weighted by Gasteiger charge is 2.24. The van der Waals surface area contributed by atoms with Crippen LogP contribution in [0.15, 0.2) is 24.8 Å². The first kappa shape index (κ1) is 20.0. The molecule has 0 amide bonds. The number of carbonyl (C=O) groups is 1. The predicted molar refractivity (Wildman–Crippen MR) is 99.8 cm³/mol. The van der Waals surface area contributed by atoms with E-state index in [1.165, 1.54) is 6.92 Å². The summed E-state index contributed by atoms with van der Waals surface area (Å²) < 4.78 is 5.63. The zero-order chi connectivity index (χ0) is 18.3. The molecule has 1 rings (SSSR count). The lowest BCUT2D eigenvalue weighted by Crippen LogP contribution is -2.12. The van der Waals surface area contributed by atoms with Crippen molar-refractivity contribution in [1.82, 2.24) is 0 Å². The fraction of sp³-hybridized carbons (Fsp3) is 0.476. The maximum Gasteiger partial charge on any atom is 0.308 e. The lowest BCUT2D eigenvalue weighted by atomic mass is 9.87. The minimum Gasteiger partial charge on any atom is -0.507 e. The van der Waals surface area contributed by atoms with Crippen LogP contribution in [0.4, 0.5) is 0 Å². The molecule has 0 unspecified atom stereocenters. The Labute approximate surface area is 146 Å². The topological polar surface area (TPSA) is 46.5 Å². The third-order valence-corrected chi connectivity index (χ3v) is 3.92. The van der Waals surface area contributed by atoms with Crippen molar-refractivity contribution in [2.24, 2.45) is 0 Å². The highest BCUT2D eigenvalue weighted by molar-refractivity contribution is 5.72. The molecule has 3 nitrogen and oxygen atoms in total. The Morgan fingerprint density at radius 1 is 1.08 bits per heavy atom. The van der Waals surface area contributed by atoms with E-state index in [1.54, 1.807) is 6.08 Å². The molecular formula is C21H30O3. The van der Waals surface area contributed by atoms with Crippen molar-refractivity contribution < 1.29 is 14.6 Å². The van der Waals surface area contributed by atoms with Crippen molar-refractivity contribution in [2.75, 3.05) is 0 Å². The summed E-state index contributed by atoms with van der Waals surface area (Å²) in [5.41, 5.74) is 4.48. The molecule has 0 spiro atoms. The van der Waals surface area contributed by atoms with Gasteiger partial charge in [-0.3, -0.25) is 4.79 Å². The molecule has 132 valence electrons.